The van der Waals surface area contributed by atoms with Crippen LogP contribution >= 0.6 is 0 Å². The average Bonchev–Trinajstić information content (AvgIpc) is 3.50. The number of rotatable bonds is 4. The van der Waals surface area contributed by atoms with Crippen molar-refractivity contribution in [3.8, 4) is 45.3 Å². The molecule has 4 heteroatoms. The highest BCUT2D eigenvalue weighted by molar-refractivity contribution is 6.15. The van der Waals surface area contributed by atoms with Crippen LogP contribution in [-0.2, 0) is 0 Å². The fourth-order valence-electron chi connectivity index (χ4n) is 5.29. The Kier molecular flexibility index (Phi) is 4.34. The number of nitrogens with zero attached hydrogens (tertiary/aromatic N) is 3. The quantitative estimate of drug-likeness (QED) is 0.227. The lowest BCUT2D eigenvalue weighted by Gasteiger charge is -2.10. The number of fused-ring (bicyclic) bond motifs is 4. The minimum Gasteiger partial charge on any atom is -0.455 e. The highest BCUT2D eigenvalue weighted by Crippen LogP contribution is 2.40. The molecule has 8 rings (SSSR count). The Morgan fingerprint density at radius 3 is 2.07 bits per heavy atom. The molecule has 0 fully saturated rings. The van der Waals surface area contributed by atoms with Crippen LogP contribution in [0.25, 0.3) is 78.0 Å². The summed E-state index contributed by atoms with van der Waals surface area (Å²) in [5.74, 6) is 1.51. The second-order valence-corrected chi connectivity index (χ2v) is 9.70. The normalized spacial score (nSPS) is 13.1. The summed E-state index contributed by atoms with van der Waals surface area (Å²) in [6.45, 7) is 0. The van der Waals surface area contributed by atoms with Crippen LogP contribution in [0.4, 0.5) is 0 Å². The number of furan rings is 1. The summed E-state index contributed by atoms with van der Waals surface area (Å²) in [5, 5.41) is 3.66. The Morgan fingerprint density at radius 1 is 0.512 bits per heavy atom. The molecule has 0 aliphatic carbocycles. The molecule has 2 aromatic heterocycles. The van der Waals surface area contributed by atoms with Crippen molar-refractivity contribution in [2.24, 2.45) is 0 Å². The lowest BCUT2D eigenvalue weighted by atomic mass is 10.0. The molecule has 0 spiro atoms. The van der Waals surface area contributed by atoms with Crippen LogP contribution in [0, 0.1) is 0 Å². The maximum Gasteiger partial charge on any atom is 0.164 e. The van der Waals surface area contributed by atoms with E-state index in [1.54, 1.807) is 12.1 Å². The lowest BCUT2D eigenvalue weighted by molar-refractivity contribution is 0.670. The number of aromatic nitrogens is 3. The predicted molar refractivity (Wildman–Crippen MR) is 166 cm³/mol. The van der Waals surface area contributed by atoms with Gasteiger partial charge in [-0.1, -0.05) is 127 Å². The first-order valence-electron chi connectivity index (χ1n) is 15.7. The third-order valence-electron chi connectivity index (χ3n) is 7.21. The van der Waals surface area contributed by atoms with Crippen molar-refractivity contribution in [3.05, 3.63) is 139 Å². The molecule has 0 saturated carbocycles. The number of para-hydroxylation sites is 1. The van der Waals surface area contributed by atoms with Gasteiger partial charge in [-0.3, -0.25) is 0 Å². The molecule has 0 bridgehead atoms. The van der Waals surface area contributed by atoms with Gasteiger partial charge in [0.05, 0.1) is 6.85 Å². The molecule has 0 saturated heterocycles. The number of hydrogen-bond donors (Lipinski definition) is 0. The van der Waals surface area contributed by atoms with Crippen molar-refractivity contribution >= 4 is 32.7 Å². The summed E-state index contributed by atoms with van der Waals surface area (Å²) in [7, 11) is 0. The Bertz CT molecular complexity index is 2470. The number of hydrogen-bond acceptors (Lipinski definition) is 4. The summed E-state index contributed by atoms with van der Waals surface area (Å²) in [6.07, 6.45) is 0. The van der Waals surface area contributed by atoms with Crippen LogP contribution < -0.4 is 0 Å². The Hall–Kier alpha value is -5.61. The second kappa shape index (κ2) is 9.54. The third-order valence-corrected chi connectivity index (χ3v) is 7.21. The molecule has 0 unspecified atom stereocenters. The molecule has 4 nitrogen and oxygen atoms in total. The monoisotopic (exact) mass is 530 g/mol. The van der Waals surface area contributed by atoms with Crippen molar-refractivity contribution < 1.29 is 11.3 Å². The zero-order valence-corrected chi connectivity index (χ0v) is 21.6. The number of benzene rings is 6. The molecule has 0 radical (unpaired) electrons. The summed E-state index contributed by atoms with van der Waals surface area (Å²) in [6, 6.07) is 33.3. The SMILES string of the molecule is [2H]c1c([2H])c([2H])c(-c2cccc3c2oc2cccc(-c4nc(-c5ccccc5)nc(-c5ccc6ccccc6c5)n4)c23)c([2H])c1[2H]. The van der Waals surface area contributed by atoms with Crippen molar-refractivity contribution in [2.45, 2.75) is 0 Å². The first-order valence-corrected chi connectivity index (χ1v) is 13.2. The van der Waals surface area contributed by atoms with Crippen LogP contribution in [0.2, 0.25) is 0 Å². The lowest BCUT2D eigenvalue weighted by Crippen LogP contribution is -2.00. The molecular weight excluding hydrogens is 502 g/mol. The minimum absolute atomic E-state index is 0.0855. The van der Waals surface area contributed by atoms with Crippen LogP contribution in [0.1, 0.15) is 6.85 Å². The van der Waals surface area contributed by atoms with Crippen LogP contribution in [-0.4, -0.2) is 15.0 Å². The van der Waals surface area contributed by atoms with E-state index in [9.17, 15) is 0 Å². The van der Waals surface area contributed by atoms with Gasteiger partial charge in [-0.25, -0.2) is 15.0 Å². The zero-order valence-electron chi connectivity index (χ0n) is 26.6. The van der Waals surface area contributed by atoms with Gasteiger partial charge in [-0.15, -0.1) is 0 Å². The van der Waals surface area contributed by atoms with Gasteiger partial charge < -0.3 is 4.42 Å². The largest absolute Gasteiger partial charge is 0.455 e. The van der Waals surface area contributed by atoms with Gasteiger partial charge in [0, 0.05) is 33.0 Å². The van der Waals surface area contributed by atoms with Crippen molar-refractivity contribution in [2.75, 3.05) is 0 Å². The average molecular weight is 531 g/mol. The smallest absolute Gasteiger partial charge is 0.164 e. The van der Waals surface area contributed by atoms with Gasteiger partial charge >= 0.3 is 0 Å². The molecule has 0 aliphatic heterocycles. The molecular formula is C37H23N3O. The van der Waals surface area contributed by atoms with E-state index in [0.717, 1.165) is 32.8 Å². The van der Waals surface area contributed by atoms with E-state index in [1.165, 1.54) is 0 Å². The first-order chi connectivity index (χ1) is 22.4. The highest BCUT2D eigenvalue weighted by Gasteiger charge is 2.19. The Balaban J connectivity index is 1.39. The van der Waals surface area contributed by atoms with Crippen molar-refractivity contribution in [1.82, 2.24) is 15.0 Å². The molecule has 41 heavy (non-hydrogen) atoms. The second-order valence-electron chi connectivity index (χ2n) is 9.70. The molecule has 2 heterocycles. The van der Waals surface area contributed by atoms with Gasteiger partial charge in [-0.2, -0.15) is 0 Å². The zero-order chi connectivity index (χ0) is 31.5. The Labute approximate surface area is 243 Å². The molecule has 0 atom stereocenters. The molecule has 0 N–H and O–H groups in total. The Morgan fingerprint density at radius 2 is 1.22 bits per heavy atom. The first kappa shape index (κ1) is 18.6. The van der Waals surface area contributed by atoms with Crippen LogP contribution in [0.5, 0.6) is 0 Å². The minimum atomic E-state index is -0.441. The van der Waals surface area contributed by atoms with Crippen molar-refractivity contribution in [3.63, 3.8) is 0 Å². The van der Waals surface area contributed by atoms with E-state index in [0.29, 0.717) is 39.6 Å². The molecule has 8 aromatic rings. The van der Waals surface area contributed by atoms with Gasteiger partial charge in [0.15, 0.2) is 17.5 Å². The molecule has 6 aromatic carbocycles. The topological polar surface area (TPSA) is 51.8 Å². The molecule has 192 valence electrons. The van der Waals surface area contributed by atoms with Gasteiger partial charge in [0.25, 0.3) is 0 Å². The fourth-order valence-corrected chi connectivity index (χ4v) is 5.29. The van der Waals surface area contributed by atoms with E-state index in [2.05, 4.69) is 24.3 Å². The highest BCUT2D eigenvalue weighted by atomic mass is 16.3. The predicted octanol–water partition coefficient (Wildman–Crippen LogP) is 9.59. The molecule has 0 aliphatic rings. The third kappa shape index (κ3) is 4.05. The standard InChI is InChI=1S/C37H23N3O/c1-3-12-25(13-4-1)29-17-9-18-30-33-31(19-10-20-32(33)41-34(29)30)37-39-35(26-14-5-2-6-15-26)38-36(40-37)28-22-21-24-11-7-8-16-27(24)23-28/h1-23H/i1D,3D,4D,12D,13D. The summed E-state index contributed by atoms with van der Waals surface area (Å²) in [5.41, 5.74) is 3.89. The van der Waals surface area contributed by atoms with Crippen LogP contribution in [0.3, 0.4) is 0 Å². The summed E-state index contributed by atoms with van der Waals surface area (Å²) in [4.78, 5) is 14.8. The van der Waals surface area contributed by atoms with Gasteiger partial charge in [0.1, 0.15) is 11.2 Å². The summed E-state index contributed by atoms with van der Waals surface area (Å²) >= 11 is 0. The maximum absolute atomic E-state index is 8.58. The maximum atomic E-state index is 8.58. The van der Waals surface area contributed by atoms with E-state index in [-0.39, 0.29) is 17.6 Å². The van der Waals surface area contributed by atoms with Gasteiger partial charge in [-0.05, 0) is 28.5 Å². The van der Waals surface area contributed by atoms with E-state index in [4.69, 9.17) is 26.2 Å². The van der Waals surface area contributed by atoms with E-state index >= 15 is 0 Å². The fraction of sp³-hybridized carbons (Fsp3) is 0. The van der Waals surface area contributed by atoms with E-state index < -0.39 is 18.1 Å². The van der Waals surface area contributed by atoms with E-state index in [1.807, 2.05) is 72.8 Å². The summed E-state index contributed by atoms with van der Waals surface area (Å²) < 4.78 is 48.0. The van der Waals surface area contributed by atoms with Crippen molar-refractivity contribution in [1.29, 1.82) is 0 Å². The van der Waals surface area contributed by atoms with Crippen LogP contribution in [0.15, 0.2) is 144 Å². The molecule has 0 amide bonds. The van der Waals surface area contributed by atoms with Gasteiger partial charge in [0.2, 0.25) is 0 Å².